The maximum absolute atomic E-state index is 14.4. The number of benzene rings is 3. The maximum Gasteiger partial charge on any atom is 0.162 e. The quantitative estimate of drug-likeness (QED) is 0.317. The molecule has 3 rings (SSSR count). The lowest BCUT2D eigenvalue weighted by Gasteiger charge is -2.23. The number of hydrogen-bond acceptors (Lipinski definition) is 0. The molecule has 0 aliphatic heterocycles. The zero-order valence-electron chi connectivity index (χ0n) is 18.1. The summed E-state index contributed by atoms with van der Waals surface area (Å²) in [6.07, 6.45) is -1.11. The van der Waals surface area contributed by atoms with Crippen molar-refractivity contribution in [2.45, 2.75) is 51.6 Å². The minimum Gasteiger partial charge on any atom is -0.248 e. The molecule has 0 bridgehead atoms. The second-order valence-corrected chi connectivity index (χ2v) is 8.34. The van der Waals surface area contributed by atoms with Crippen LogP contribution < -0.4 is 0 Å². The maximum atomic E-state index is 14.4. The fraction of sp³-hybridized carbons (Fsp3) is 0.333. The van der Waals surface area contributed by atoms with Gasteiger partial charge < -0.3 is 0 Å². The summed E-state index contributed by atoms with van der Waals surface area (Å²) >= 11 is 0. The lowest BCUT2D eigenvalue weighted by Crippen LogP contribution is -2.19. The van der Waals surface area contributed by atoms with Gasteiger partial charge in [-0.2, -0.15) is 0 Å². The van der Waals surface area contributed by atoms with E-state index in [4.69, 9.17) is 0 Å². The first-order chi connectivity index (χ1) is 14.8. The molecule has 3 atom stereocenters. The first-order valence-corrected chi connectivity index (χ1v) is 10.6. The lowest BCUT2D eigenvalue weighted by atomic mass is 9.85. The number of alkyl halides is 2. The average Bonchev–Trinajstić information content (AvgIpc) is 2.79. The van der Waals surface area contributed by atoms with Crippen LogP contribution in [-0.4, -0.2) is 12.8 Å². The zero-order chi connectivity index (χ0) is 22.5. The van der Waals surface area contributed by atoms with E-state index in [0.29, 0.717) is 6.42 Å². The molecule has 0 heterocycles. The van der Waals surface area contributed by atoms with Gasteiger partial charge in [-0.15, -0.1) is 0 Å². The molecule has 3 unspecified atom stereocenters. The molecule has 164 valence electrons. The predicted molar refractivity (Wildman–Crippen MR) is 119 cm³/mol. The number of hydrogen-bond donors (Lipinski definition) is 0. The van der Waals surface area contributed by atoms with Gasteiger partial charge in [0, 0.05) is 5.92 Å². The molecule has 0 nitrogen and oxygen atoms in total. The predicted octanol–water partition coefficient (Wildman–Crippen LogP) is 8.22. The smallest absolute Gasteiger partial charge is 0.162 e. The van der Waals surface area contributed by atoms with Gasteiger partial charge in [-0.1, -0.05) is 73.2 Å². The highest BCUT2D eigenvalue weighted by Gasteiger charge is 2.28. The van der Waals surface area contributed by atoms with Crippen molar-refractivity contribution in [1.82, 2.24) is 0 Å². The largest absolute Gasteiger partial charge is 0.248 e. The van der Waals surface area contributed by atoms with Crippen LogP contribution in [0.5, 0.6) is 0 Å². The highest BCUT2D eigenvalue weighted by atomic mass is 19.2. The minimum atomic E-state index is -1.87. The van der Waals surface area contributed by atoms with Crippen LogP contribution in [0.15, 0.2) is 60.7 Å². The van der Waals surface area contributed by atoms with Crippen molar-refractivity contribution in [3.63, 3.8) is 0 Å². The molecule has 0 aliphatic rings. The van der Waals surface area contributed by atoms with E-state index in [1.54, 1.807) is 0 Å². The molecule has 31 heavy (non-hydrogen) atoms. The molecule has 0 N–H and O–H groups in total. The average molecular weight is 429 g/mol. The Labute approximate surface area is 181 Å². The molecular weight excluding hydrogens is 400 g/mol. The van der Waals surface area contributed by atoms with Gasteiger partial charge in [-0.3, -0.25) is 0 Å². The van der Waals surface area contributed by atoms with E-state index in [1.807, 2.05) is 38.1 Å². The molecule has 3 aromatic carbocycles. The van der Waals surface area contributed by atoms with Gasteiger partial charge in [0.1, 0.15) is 12.8 Å². The zero-order valence-corrected chi connectivity index (χ0v) is 18.1. The molecule has 0 saturated carbocycles. The third-order valence-electron chi connectivity index (χ3n) is 6.06. The Balaban J connectivity index is 1.73. The molecule has 4 heteroatoms. The number of rotatable bonds is 8. The molecule has 0 saturated heterocycles. The van der Waals surface area contributed by atoms with Gasteiger partial charge in [-0.25, -0.2) is 17.6 Å². The van der Waals surface area contributed by atoms with Crippen molar-refractivity contribution < 1.29 is 17.6 Å². The van der Waals surface area contributed by atoms with Crippen molar-refractivity contribution in [3.05, 3.63) is 94.6 Å². The summed E-state index contributed by atoms with van der Waals surface area (Å²) in [5.74, 6) is -3.02. The highest BCUT2D eigenvalue weighted by Crippen LogP contribution is 2.35. The van der Waals surface area contributed by atoms with Crippen LogP contribution in [0.3, 0.4) is 0 Å². The Morgan fingerprint density at radius 3 is 1.90 bits per heavy atom. The van der Waals surface area contributed by atoms with E-state index >= 15 is 0 Å². The Morgan fingerprint density at radius 1 is 0.742 bits per heavy atom. The summed E-state index contributed by atoms with van der Waals surface area (Å²) in [7, 11) is 0. The van der Waals surface area contributed by atoms with Crippen LogP contribution in [-0.2, 0) is 0 Å². The van der Waals surface area contributed by atoms with Gasteiger partial charge in [0.05, 0.1) is 0 Å². The van der Waals surface area contributed by atoms with Crippen LogP contribution in [0.2, 0.25) is 0 Å². The SMILES string of the molecule is Cc1ccc(-c2ccc(C(C)CCC(c3ccc(C)c(F)c3F)C(F)CF)cc2)cc1. The van der Waals surface area contributed by atoms with Crippen molar-refractivity contribution in [1.29, 1.82) is 0 Å². The Morgan fingerprint density at radius 2 is 1.32 bits per heavy atom. The monoisotopic (exact) mass is 428 g/mol. The molecule has 3 aromatic rings. The van der Waals surface area contributed by atoms with E-state index in [-0.39, 0.29) is 23.5 Å². The standard InChI is InChI=1S/C27H28F4/c1-17-4-8-21(9-5-17)22-12-10-20(11-13-22)18(2)6-14-23(25(29)16-28)24-15-7-19(3)26(30)27(24)31/h4-5,7-13,15,18,23,25H,6,14,16H2,1-3H3. The summed E-state index contributed by atoms with van der Waals surface area (Å²) in [6, 6.07) is 19.2. The molecule has 0 aliphatic carbocycles. The summed E-state index contributed by atoms with van der Waals surface area (Å²) < 4.78 is 55.9. The minimum absolute atomic E-state index is 0.0692. The summed E-state index contributed by atoms with van der Waals surface area (Å²) in [5, 5.41) is 0. The Hall–Kier alpha value is -2.62. The summed E-state index contributed by atoms with van der Waals surface area (Å²) in [5.41, 5.74) is 4.57. The number of halogens is 4. The fourth-order valence-corrected chi connectivity index (χ4v) is 3.93. The third kappa shape index (κ3) is 5.36. The second kappa shape index (κ2) is 10.1. The van der Waals surface area contributed by atoms with Crippen molar-refractivity contribution >= 4 is 0 Å². The van der Waals surface area contributed by atoms with Gasteiger partial charge in [0.15, 0.2) is 11.6 Å². The van der Waals surface area contributed by atoms with Crippen LogP contribution >= 0.6 is 0 Å². The van der Waals surface area contributed by atoms with E-state index in [1.165, 1.54) is 24.6 Å². The van der Waals surface area contributed by atoms with Crippen LogP contribution in [0.25, 0.3) is 11.1 Å². The van der Waals surface area contributed by atoms with E-state index in [9.17, 15) is 17.6 Å². The summed E-state index contributed by atoms with van der Waals surface area (Å²) in [4.78, 5) is 0. The van der Waals surface area contributed by atoms with Gasteiger partial charge in [0.25, 0.3) is 0 Å². The van der Waals surface area contributed by atoms with Crippen LogP contribution in [0.1, 0.15) is 53.9 Å². The molecule has 0 amide bonds. The second-order valence-electron chi connectivity index (χ2n) is 8.34. The van der Waals surface area contributed by atoms with Gasteiger partial charge in [-0.05, 0) is 60.4 Å². The van der Waals surface area contributed by atoms with Crippen molar-refractivity contribution in [2.75, 3.05) is 6.67 Å². The van der Waals surface area contributed by atoms with E-state index < -0.39 is 30.4 Å². The first kappa shape index (κ1) is 23.1. The Bertz CT molecular complexity index is 993. The third-order valence-corrected chi connectivity index (χ3v) is 6.06. The molecule has 0 aromatic heterocycles. The van der Waals surface area contributed by atoms with E-state index in [0.717, 1.165) is 16.7 Å². The van der Waals surface area contributed by atoms with Crippen LogP contribution in [0.4, 0.5) is 17.6 Å². The first-order valence-electron chi connectivity index (χ1n) is 10.6. The van der Waals surface area contributed by atoms with Gasteiger partial charge in [0.2, 0.25) is 0 Å². The molecule has 0 spiro atoms. The topological polar surface area (TPSA) is 0 Å². The van der Waals surface area contributed by atoms with Gasteiger partial charge >= 0.3 is 0 Å². The van der Waals surface area contributed by atoms with E-state index in [2.05, 4.69) is 24.3 Å². The van der Waals surface area contributed by atoms with Crippen molar-refractivity contribution in [3.8, 4) is 11.1 Å². The highest BCUT2D eigenvalue weighted by molar-refractivity contribution is 5.64. The Kier molecular flexibility index (Phi) is 7.53. The fourth-order valence-electron chi connectivity index (χ4n) is 3.93. The molecular formula is C27H28F4. The lowest BCUT2D eigenvalue weighted by molar-refractivity contribution is 0.209. The normalized spacial score (nSPS) is 14.3. The molecule has 0 radical (unpaired) electrons. The van der Waals surface area contributed by atoms with Crippen molar-refractivity contribution in [2.24, 2.45) is 0 Å². The molecule has 0 fully saturated rings. The summed E-state index contributed by atoms with van der Waals surface area (Å²) in [6.45, 7) is 4.27. The number of aryl methyl sites for hydroxylation is 2. The van der Waals surface area contributed by atoms with Crippen LogP contribution in [0, 0.1) is 25.5 Å².